The molecule has 1 rings (SSSR count). The Morgan fingerprint density at radius 1 is 1.00 bits per heavy atom. The lowest BCUT2D eigenvalue weighted by molar-refractivity contribution is -0.119. The van der Waals surface area contributed by atoms with Crippen LogP contribution in [0.4, 0.5) is 0 Å². The minimum absolute atomic E-state index is 0.0956. The van der Waals surface area contributed by atoms with Crippen LogP contribution in [0.2, 0.25) is 0 Å². The van der Waals surface area contributed by atoms with Crippen LogP contribution in [-0.4, -0.2) is 38.6 Å². The summed E-state index contributed by atoms with van der Waals surface area (Å²) >= 11 is 0. The molecule has 0 unspecified atom stereocenters. The number of benzene rings is 1. The Labute approximate surface area is 164 Å². The number of nitrogens with zero attached hydrogens (tertiary/aromatic N) is 1. The largest absolute Gasteiger partial charge is 0.484 e. The second kappa shape index (κ2) is 14.9. The first kappa shape index (κ1) is 22.8. The highest BCUT2D eigenvalue weighted by Crippen LogP contribution is 2.12. The van der Waals surface area contributed by atoms with Gasteiger partial charge >= 0.3 is 0 Å². The molecule has 0 aliphatic heterocycles. The van der Waals surface area contributed by atoms with Crippen molar-refractivity contribution in [1.82, 2.24) is 10.6 Å². The molecule has 4 N–H and O–H groups in total. The van der Waals surface area contributed by atoms with Crippen molar-refractivity contribution in [1.29, 1.82) is 0 Å². The van der Waals surface area contributed by atoms with Crippen LogP contribution in [0, 0.1) is 0 Å². The van der Waals surface area contributed by atoms with Crippen LogP contribution in [-0.2, 0) is 11.2 Å². The van der Waals surface area contributed by atoms with Gasteiger partial charge in [-0.15, -0.1) is 0 Å². The smallest absolute Gasteiger partial charge is 0.255 e. The Balaban J connectivity index is 2.13. The summed E-state index contributed by atoms with van der Waals surface area (Å²) < 4.78 is 5.25. The molecule has 0 aliphatic rings. The molecule has 152 valence electrons. The minimum Gasteiger partial charge on any atom is -0.484 e. The second-order valence-electron chi connectivity index (χ2n) is 6.70. The molecule has 0 saturated heterocycles. The molecular formula is C21H36N4O2. The summed E-state index contributed by atoms with van der Waals surface area (Å²) in [5.41, 5.74) is 6.26. The average Bonchev–Trinajstić information content (AvgIpc) is 2.68. The SMILES string of the molecule is CCCCCCCCCNC(=NC)NCCc1ccc(OCC(N)=O)cc1. The van der Waals surface area contributed by atoms with E-state index in [1.165, 1.54) is 50.5 Å². The molecule has 0 atom stereocenters. The highest BCUT2D eigenvalue weighted by atomic mass is 16.5. The summed E-state index contributed by atoms with van der Waals surface area (Å²) in [5.74, 6) is 1.03. The van der Waals surface area contributed by atoms with Gasteiger partial charge in [0.1, 0.15) is 5.75 Å². The topological polar surface area (TPSA) is 88.7 Å². The summed E-state index contributed by atoms with van der Waals surface area (Å²) in [6, 6.07) is 7.69. The van der Waals surface area contributed by atoms with Crippen molar-refractivity contribution in [3.63, 3.8) is 0 Å². The molecule has 1 amide bonds. The van der Waals surface area contributed by atoms with Gasteiger partial charge < -0.3 is 21.1 Å². The number of hydrogen-bond acceptors (Lipinski definition) is 3. The third-order valence-corrected chi connectivity index (χ3v) is 4.31. The third-order valence-electron chi connectivity index (χ3n) is 4.31. The first-order valence-electron chi connectivity index (χ1n) is 10.1. The third kappa shape index (κ3) is 11.9. The lowest BCUT2D eigenvalue weighted by Gasteiger charge is -2.12. The zero-order valence-electron chi connectivity index (χ0n) is 16.9. The van der Waals surface area contributed by atoms with Crippen LogP contribution >= 0.6 is 0 Å². The Morgan fingerprint density at radius 3 is 2.26 bits per heavy atom. The maximum atomic E-state index is 10.7. The zero-order valence-corrected chi connectivity index (χ0v) is 16.9. The van der Waals surface area contributed by atoms with Gasteiger partial charge in [0.2, 0.25) is 0 Å². The van der Waals surface area contributed by atoms with Crippen LogP contribution in [0.1, 0.15) is 57.4 Å². The highest BCUT2D eigenvalue weighted by molar-refractivity contribution is 5.79. The molecule has 27 heavy (non-hydrogen) atoms. The molecule has 1 aromatic rings. The number of guanidine groups is 1. The molecule has 0 aromatic heterocycles. The summed E-state index contributed by atoms with van der Waals surface area (Å²) in [7, 11) is 1.80. The number of aliphatic imine (C=N–C) groups is 1. The molecule has 0 radical (unpaired) electrons. The molecule has 6 heteroatoms. The van der Waals surface area contributed by atoms with Gasteiger partial charge in [-0.3, -0.25) is 9.79 Å². The number of primary amides is 1. The van der Waals surface area contributed by atoms with E-state index in [1.807, 2.05) is 24.3 Å². The first-order valence-corrected chi connectivity index (χ1v) is 10.1. The number of ether oxygens (including phenoxy) is 1. The Hall–Kier alpha value is -2.24. The van der Waals surface area contributed by atoms with Crippen molar-refractivity contribution in [2.75, 3.05) is 26.7 Å². The monoisotopic (exact) mass is 376 g/mol. The van der Waals surface area contributed by atoms with E-state index in [9.17, 15) is 4.79 Å². The van der Waals surface area contributed by atoms with Crippen LogP contribution in [0.25, 0.3) is 0 Å². The number of unbranched alkanes of at least 4 members (excludes halogenated alkanes) is 6. The van der Waals surface area contributed by atoms with E-state index in [4.69, 9.17) is 10.5 Å². The maximum absolute atomic E-state index is 10.7. The van der Waals surface area contributed by atoms with Crippen molar-refractivity contribution in [3.8, 4) is 5.75 Å². The van der Waals surface area contributed by atoms with Crippen molar-refractivity contribution in [2.24, 2.45) is 10.7 Å². The minimum atomic E-state index is -0.473. The van der Waals surface area contributed by atoms with E-state index in [0.717, 1.165) is 25.5 Å². The Bertz CT molecular complexity index is 544. The van der Waals surface area contributed by atoms with Crippen molar-refractivity contribution < 1.29 is 9.53 Å². The second-order valence-corrected chi connectivity index (χ2v) is 6.70. The Morgan fingerprint density at radius 2 is 1.63 bits per heavy atom. The van der Waals surface area contributed by atoms with Gasteiger partial charge in [-0.1, -0.05) is 57.6 Å². The standard InChI is InChI=1S/C21H36N4O2/c1-3-4-5-6-7-8-9-15-24-21(23-2)25-16-14-18-10-12-19(13-11-18)27-17-20(22)26/h10-13H,3-9,14-17H2,1-2H3,(H2,22,26)(H2,23,24,25). The molecule has 6 nitrogen and oxygen atoms in total. The molecule has 0 aliphatic carbocycles. The molecule has 0 fully saturated rings. The van der Waals surface area contributed by atoms with E-state index in [2.05, 4.69) is 22.5 Å². The number of carbonyl (C=O) groups is 1. The number of rotatable bonds is 14. The van der Waals surface area contributed by atoms with E-state index in [0.29, 0.717) is 5.75 Å². The Kier molecular flexibility index (Phi) is 12.6. The maximum Gasteiger partial charge on any atom is 0.255 e. The number of carbonyl (C=O) groups excluding carboxylic acids is 1. The van der Waals surface area contributed by atoms with Gasteiger partial charge in [0.15, 0.2) is 12.6 Å². The number of hydrogen-bond donors (Lipinski definition) is 3. The van der Waals surface area contributed by atoms with Crippen molar-refractivity contribution >= 4 is 11.9 Å². The molecule has 0 heterocycles. The lowest BCUT2D eigenvalue weighted by atomic mass is 10.1. The van der Waals surface area contributed by atoms with Crippen molar-refractivity contribution in [2.45, 2.75) is 58.3 Å². The van der Waals surface area contributed by atoms with E-state index in [-0.39, 0.29) is 6.61 Å². The molecule has 1 aromatic carbocycles. The quantitative estimate of drug-likeness (QED) is 0.264. The van der Waals surface area contributed by atoms with Crippen LogP contribution in [0.5, 0.6) is 5.75 Å². The van der Waals surface area contributed by atoms with Gasteiger partial charge in [0, 0.05) is 20.1 Å². The highest BCUT2D eigenvalue weighted by Gasteiger charge is 2.00. The number of nitrogens with one attached hydrogen (secondary N) is 2. The van der Waals surface area contributed by atoms with Gasteiger partial charge in [-0.25, -0.2) is 0 Å². The van der Waals surface area contributed by atoms with Crippen LogP contribution < -0.4 is 21.1 Å². The predicted molar refractivity (Wildman–Crippen MR) is 112 cm³/mol. The predicted octanol–water partition coefficient (Wildman–Crippen LogP) is 3.01. The van der Waals surface area contributed by atoms with Gasteiger partial charge in [-0.05, 0) is 30.5 Å². The fraction of sp³-hybridized carbons (Fsp3) is 0.619. The molecule has 0 bridgehead atoms. The summed E-state index contributed by atoms with van der Waals surface area (Å²) in [6.07, 6.45) is 10.0. The average molecular weight is 377 g/mol. The van der Waals surface area contributed by atoms with E-state index in [1.54, 1.807) is 7.05 Å². The molecule has 0 spiro atoms. The zero-order chi connectivity index (χ0) is 19.7. The normalized spacial score (nSPS) is 11.3. The summed E-state index contributed by atoms with van der Waals surface area (Å²) in [6.45, 7) is 3.91. The first-order chi connectivity index (χ1) is 13.2. The van der Waals surface area contributed by atoms with Crippen LogP contribution in [0.3, 0.4) is 0 Å². The van der Waals surface area contributed by atoms with Gasteiger partial charge in [0.25, 0.3) is 5.91 Å². The van der Waals surface area contributed by atoms with Gasteiger partial charge in [0.05, 0.1) is 0 Å². The van der Waals surface area contributed by atoms with Crippen molar-refractivity contribution in [3.05, 3.63) is 29.8 Å². The molecule has 0 saturated carbocycles. The number of nitrogens with two attached hydrogens (primary N) is 1. The number of amides is 1. The summed E-state index contributed by atoms with van der Waals surface area (Å²) in [5, 5.41) is 6.71. The van der Waals surface area contributed by atoms with Gasteiger partial charge in [-0.2, -0.15) is 0 Å². The fourth-order valence-corrected chi connectivity index (χ4v) is 2.74. The van der Waals surface area contributed by atoms with E-state index < -0.39 is 5.91 Å². The van der Waals surface area contributed by atoms with Crippen LogP contribution in [0.15, 0.2) is 29.3 Å². The lowest BCUT2D eigenvalue weighted by Crippen LogP contribution is -2.38. The fourth-order valence-electron chi connectivity index (χ4n) is 2.74. The summed E-state index contributed by atoms with van der Waals surface area (Å²) in [4.78, 5) is 15.0. The van der Waals surface area contributed by atoms with E-state index >= 15 is 0 Å². The molecular weight excluding hydrogens is 340 g/mol.